The largest absolute Gasteiger partial charge is 0.481 e. The van der Waals surface area contributed by atoms with E-state index in [0.29, 0.717) is 10.8 Å². The van der Waals surface area contributed by atoms with Gasteiger partial charge in [-0.3, -0.25) is 9.59 Å². The van der Waals surface area contributed by atoms with Gasteiger partial charge < -0.3 is 10.4 Å². The Hall–Kier alpha value is -2.21. The van der Waals surface area contributed by atoms with Crippen molar-refractivity contribution >= 4 is 28.3 Å². The minimum absolute atomic E-state index is 0.00188. The summed E-state index contributed by atoms with van der Waals surface area (Å²) in [5, 5.41) is 13.8. The molecule has 118 valence electrons. The van der Waals surface area contributed by atoms with E-state index >= 15 is 0 Å². The molecule has 0 radical (unpaired) electrons. The number of aliphatic carboxylic acids is 1. The summed E-state index contributed by atoms with van der Waals surface area (Å²) in [5.41, 5.74) is 3.18. The van der Waals surface area contributed by atoms with Crippen LogP contribution in [0.15, 0.2) is 29.6 Å². The van der Waals surface area contributed by atoms with Crippen molar-refractivity contribution in [3.8, 4) is 0 Å². The second kappa shape index (κ2) is 5.16. The smallest absolute Gasteiger partial charge is 0.309 e. The van der Waals surface area contributed by atoms with Crippen LogP contribution < -0.4 is 5.32 Å². The summed E-state index contributed by atoms with van der Waals surface area (Å²) in [6, 6.07) is 8.38. The second-order valence-corrected chi connectivity index (χ2v) is 7.13. The highest BCUT2D eigenvalue weighted by Gasteiger charge is 2.61. The number of nitrogens with zero attached hydrogens (tertiary/aromatic N) is 1. The van der Waals surface area contributed by atoms with E-state index in [0.717, 1.165) is 19.3 Å². The van der Waals surface area contributed by atoms with Gasteiger partial charge in [-0.1, -0.05) is 24.3 Å². The third-order valence-electron chi connectivity index (χ3n) is 4.90. The van der Waals surface area contributed by atoms with Crippen molar-refractivity contribution in [3.63, 3.8) is 0 Å². The van der Waals surface area contributed by atoms with Crippen molar-refractivity contribution in [1.82, 2.24) is 4.98 Å². The molecule has 2 N–H and O–H groups in total. The van der Waals surface area contributed by atoms with Crippen LogP contribution in [0.1, 0.15) is 29.7 Å². The van der Waals surface area contributed by atoms with E-state index in [1.165, 1.54) is 22.5 Å². The maximum Gasteiger partial charge on any atom is 0.309 e. The molecule has 2 aliphatic carbocycles. The third kappa shape index (κ3) is 2.43. The average Bonchev–Trinajstić information content (AvgIpc) is 2.91. The zero-order valence-electron chi connectivity index (χ0n) is 12.4. The lowest BCUT2D eigenvalue weighted by Gasteiger charge is -2.10. The van der Waals surface area contributed by atoms with Crippen molar-refractivity contribution < 1.29 is 14.7 Å². The van der Waals surface area contributed by atoms with E-state index in [9.17, 15) is 9.59 Å². The van der Waals surface area contributed by atoms with Crippen LogP contribution >= 0.6 is 11.3 Å². The number of nitrogens with one attached hydrogen (secondary N) is 1. The number of carbonyl (C=O) groups excluding carboxylic acids is 1. The van der Waals surface area contributed by atoms with Gasteiger partial charge in [0.2, 0.25) is 5.91 Å². The summed E-state index contributed by atoms with van der Waals surface area (Å²) in [6.07, 6.45) is 2.85. The highest BCUT2D eigenvalue weighted by atomic mass is 32.1. The first-order valence-corrected chi connectivity index (χ1v) is 8.52. The molecule has 6 heteroatoms. The van der Waals surface area contributed by atoms with Gasteiger partial charge in [-0.2, -0.15) is 0 Å². The van der Waals surface area contributed by atoms with Gasteiger partial charge in [0.1, 0.15) is 0 Å². The van der Waals surface area contributed by atoms with Gasteiger partial charge in [0.25, 0.3) is 0 Å². The van der Waals surface area contributed by atoms with Gasteiger partial charge in [-0.15, -0.1) is 11.3 Å². The maximum atomic E-state index is 12.5. The topological polar surface area (TPSA) is 79.3 Å². The molecule has 2 aromatic rings. The molecule has 4 rings (SSSR count). The summed E-state index contributed by atoms with van der Waals surface area (Å²) >= 11 is 1.28. The minimum Gasteiger partial charge on any atom is -0.481 e. The molecular weight excluding hydrogens is 312 g/mol. The number of rotatable bonds is 4. The Balaban J connectivity index is 1.46. The monoisotopic (exact) mass is 328 g/mol. The SMILES string of the molecule is O=C(O)Cc1csc(NC(=O)C2CC23CCc2ccccc23)n1. The van der Waals surface area contributed by atoms with E-state index in [4.69, 9.17) is 5.11 Å². The molecule has 0 saturated heterocycles. The van der Waals surface area contributed by atoms with Gasteiger partial charge in [0, 0.05) is 16.7 Å². The molecule has 2 atom stereocenters. The van der Waals surface area contributed by atoms with Crippen molar-refractivity contribution in [2.75, 3.05) is 5.32 Å². The number of aromatic nitrogens is 1. The number of fused-ring (bicyclic) bond motifs is 2. The van der Waals surface area contributed by atoms with Gasteiger partial charge in [-0.05, 0) is 30.4 Å². The number of amides is 1. The van der Waals surface area contributed by atoms with Crippen LogP contribution in [0.2, 0.25) is 0 Å². The molecule has 1 heterocycles. The summed E-state index contributed by atoms with van der Waals surface area (Å²) in [4.78, 5) is 27.4. The summed E-state index contributed by atoms with van der Waals surface area (Å²) in [7, 11) is 0. The van der Waals surface area contributed by atoms with Gasteiger partial charge in [0.15, 0.2) is 5.13 Å². The average molecular weight is 328 g/mol. The highest BCUT2D eigenvalue weighted by Crippen LogP contribution is 2.61. The number of hydrogen-bond donors (Lipinski definition) is 2. The first-order valence-electron chi connectivity index (χ1n) is 7.64. The van der Waals surface area contributed by atoms with Crippen molar-refractivity contribution in [2.45, 2.75) is 31.1 Å². The summed E-state index contributed by atoms with van der Waals surface area (Å²) in [6.45, 7) is 0. The second-order valence-electron chi connectivity index (χ2n) is 6.27. The van der Waals surface area contributed by atoms with Crippen LogP contribution in [-0.2, 0) is 27.8 Å². The van der Waals surface area contributed by atoms with Crippen molar-refractivity contribution in [2.24, 2.45) is 5.92 Å². The zero-order valence-corrected chi connectivity index (χ0v) is 13.2. The van der Waals surface area contributed by atoms with Crippen LogP contribution in [0, 0.1) is 5.92 Å². The fraction of sp³-hybridized carbons (Fsp3) is 0.353. The molecule has 23 heavy (non-hydrogen) atoms. The Kier molecular flexibility index (Phi) is 3.23. The van der Waals surface area contributed by atoms with Gasteiger partial charge >= 0.3 is 5.97 Å². The molecule has 1 aromatic carbocycles. The number of thiazole rings is 1. The van der Waals surface area contributed by atoms with Gasteiger partial charge in [-0.25, -0.2) is 4.98 Å². The fourth-order valence-corrected chi connectivity index (χ4v) is 4.45. The molecule has 1 amide bonds. The summed E-state index contributed by atoms with van der Waals surface area (Å²) in [5.74, 6) is -0.923. The number of aryl methyl sites for hydroxylation is 1. The molecule has 1 aromatic heterocycles. The van der Waals surface area contributed by atoms with Crippen LogP contribution in [0.25, 0.3) is 0 Å². The molecular formula is C17H16N2O3S. The lowest BCUT2D eigenvalue weighted by Crippen LogP contribution is -2.19. The Labute approximate surface area is 137 Å². The normalized spacial score (nSPS) is 24.4. The number of anilines is 1. The lowest BCUT2D eigenvalue weighted by atomic mass is 9.95. The van der Waals surface area contributed by atoms with Crippen LogP contribution in [0.3, 0.4) is 0 Å². The number of carboxylic acids is 1. The minimum atomic E-state index is -0.920. The van der Waals surface area contributed by atoms with E-state index in [-0.39, 0.29) is 23.7 Å². The lowest BCUT2D eigenvalue weighted by molar-refractivity contribution is -0.136. The molecule has 5 nitrogen and oxygen atoms in total. The predicted molar refractivity (Wildman–Crippen MR) is 86.6 cm³/mol. The molecule has 1 spiro atoms. The molecule has 2 unspecified atom stereocenters. The van der Waals surface area contributed by atoms with E-state index in [1.54, 1.807) is 5.38 Å². The standard InChI is InChI=1S/C17H16N2O3S/c20-14(21)7-11-9-23-16(18-11)19-15(22)13-8-17(13)6-5-10-3-1-2-4-12(10)17/h1-4,9,13H,5-8H2,(H,20,21)(H,18,19,22). The summed E-state index contributed by atoms with van der Waals surface area (Å²) < 4.78 is 0. The molecule has 0 aliphatic heterocycles. The number of carbonyl (C=O) groups is 2. The molecule has 2 aliphatic rings. The molecule has 1 fully saturated rings. The van der Waals surface area contributed by atoms with Crippen LogP contribution in [0.4, 0.5) is 5.13 Å². The first-order chi connectivity index (χ1) is 11.1. The van der Waals surface area contributed by atoms with E-state index in [1.807, 2.05) is 6.07 Å². The Morgan fingerprint density at radius 3 is 3.04 bits per heavy atom. The van der Waals surface area contributed by atoms with Gasteiger partial charge in [0.05, 0.1) is 12.1 Å². The zero-order chi connectivity index (χ0) is 16.0. The van der Waals surface area contributed by atoms with Crippen LogP contribution in [-0.4, -0.2) is 22.0 Å². The van der Waals surface area contributed by atoms with Crippen molar-refractivity contribution in [1.29, 1.82) is 0 Å². The Morgan fingerprint density at radius 2 is 2.22 bits per heavy atom. The quantitative estimate of drug-likeness (QED) is 0.904. The predicted octanol–water partition coefficient (Wildman–Crippen LogP) is 2.61. The third-order valence-corrected chi connectivity index (χ3v) is 5.71. The number of carboxylic acid groups (broad SMARTS) is 1. The maximum absolute atomic E-state index is 12.5. The first kappa shape index (κ1) is 14.4. The van der Waals surface area contributed by atoms with E-state index in [2.05, 4.69) is 28.5 Å². The Bertz CT molecular complexity index is 801. The fourth-order valence-electron chi connectivity index (χ4n) is 3.73. The van der Waals surface area contributed by atoms with E-state index < -0.39 is 5.97 Å². The Morgan fingerprint density at radius 1 is 1.39 bits per heavy atom. The number of benzene rings is 1. The molecule has 0 bridgehead atoms. The van der Waals surface area contributed by atoms with Crippen molar-refractivity contribution in [3.05, 3.63) is 46.5 Å². The van der Waals surface area contributed by atoms with Crippen LogP contribution in [0.5, 0.6) is 0 Å². The highest BCUT2D eigenvalue weighted by molar-refractivity contribution is 7.13. The molecule has 1 saturated carbocycles. The number of hydrogen-bond acceptors (Lipinski definition) is 4.